The van der Waals surface area contributed by atoms with Crippen LogP contribution in [0.25, 0.3) is 10.8 Å². The summed E-state index contributed by atoms with van der Waals surface area (Å²) < 4.78 is 30.3. The standard InChI is InChI=1S/C19H22N4O2S/c20-12-17(16-9-8-14-5-1-2-6-15(14)11-16)22-26(24,25)19-13-23-10-4-3-7-18(23)21-19/h1-2,5-6,8-9,11,13,17,22H,3-4,7,10,12,20H2. The van der Waals surface area contributed by atoms with E-state index in [1.807, 2.05) is 47.0 Å². The topological polar surface area (TPSA) is 90.0 Å². The zero-order valence-electron chi connectivity index (χ0n) is 14.4. The van der Waals surface area contributed by atoms with Gasteiger partial charge in [-0.3, -0.25) is 0 Å². The second-order valence-electron chi connectivity index (χ2n) is 6.66. The summed E-state index contributed by atoms with van der Waals surface area (Å²) >= 11 is 0. The molecule has 0 spiro atoms. The van der Waals surface area contributed by atoms with E-state index < -0.39 is 16.1 Å². The van der Waals surface area contributed by atoms with Crippen LogP contribution in [0, 0.1) is 0 Å². The van der Waals surface area contributed by atoms with Crippen LogP contribution in [0.5, 0.6) is 0 Å². The van der Waals surface area contributed by atoms with Crippen molar-refractivity contribution in [3.8, 4) is 0 Å². The normalized spacial score (nSPS) is 15.7. The van der Waals surface area contributed by atoms with Crippen LogP contribution in [0.1, 0.15) is 30.3 Å². The zero-order valence-corrected chi connectivity index (χ0v) is 15.2. The first-order chi connectivity index (χ1) is 12.6. The van der Waals surface area contributed by atoms with Gasteiger partial charge in [0.05, 0.1) is 6.04 Å². The van der Waals surface area contributed by atoms with Crippen molar-refractivity contribution in [1.29, 1.82) is 0 Å². The van der Waals surface area contributed by atoms with E-state index in [1.165, 1.54) is 0 Å². The molecule has 1 atom stereocenters. The maximum absolute atomic E-state index is 12.8. The Hall–Kier alpha value is -2.22. The minimum absolute atomic E-state index is 0.0774. The summed E-state index contributed by atoms with van der Waals surface area (Å²) in [5.41, 5.74) is 6.73. The maximum Gasteiger partial charge on any atom is 0.260 e. The number of fused-ring (bicyclic) bond motifs is 2. The molecule has 3 N–H and O–H groups in total. The number of aromatic nitrogens is 2. The fraction of sp³-hybridized carbons (Fsp3) is 0.316. The molecule has 6 nitrogen and oxygen atoms in total. The first-order valence-electron chi connectivity index (χ1n) is 8.84. The van der Waals surface area contributed by atoms with Gasteiger partial charge in [0.2, 0.25) is 0 Å². The van der Waals surface area contributed by atoms with Crippen LogP contribution in [-0.4, -0.2) is 24.5 Å². The van der Waals surface area contributed by atoms with Crippen molar-refractivity contribution in [2.75, 3.05) is 6.54 Å². The van der Waals surface area contributed by atoms with Gasteiger partial charge in [-0.15, -0.1) is 0 Å². The zero-order chi connectivity index (χ0) is 18.1. The molecule has 1 aromatic heterocycles. The van der Waals surface area contributed by atoms with Gasteiger partial charge in [0.1, 0.15) is 5.82 Å². The quantitative estimate of drug-likeness (QED) is 0.721. The maximum atomic E-state index is 12.8. The fourth-order valence-electron chi connectivity index (χ4n) is 3.44. The summed E-state index contributed by atoms with van der Waals surface area (Å²) in [5.74, 6) is 0.839. The second kappa shape index (κ2) is 6.83. The van der Waals surface area contributed by atoms with Gasteiger partial charge in [0.15, 0.2) is 5.03 Å². The molecule has 2 aromatic carbocycles. The molecule has 26 heavy (non-hydrogen) atoms. The van der Waals surface area contributed by atoms with Crippen molar-refractivity contribution in [2.45, 2.75) is 36.9 Å². The molecule has 2 heterocycles. The number of sulfonamides is 1. The summed E-state index contributed by atoms with van der Waals surface area (Å²) in [7, 11) is -3.73. The average molecular weight is 370 g/mol. The molecule has 0 bridgehead atoms. The lowest BCUT2D eigenvalue weighted by molar-refractivity contribution is 0.522. The molecule has 0 saturated heterocycles. The number of rotatable bonds is 5. The van der Waals surface area contributed by atoms with E-state index >= 15 is 0 Å². The molecular formula is C19H22N4O2S. The predicted octanol–water partition coefficient (Wildman–Crippen LogP) is 2.35. The molecule has 0 amide bonds. The number of hydrogen-bond donors (Lipinski definition) is 2. The Labute approximate surface area is 153 Å². The predicted molar refractivity (Wildman–Crippen MR) is 101 cm³/mol. The molecule has 1 unspecified atom stereocenters. The van der Waals surface area contributed by atoms with Gasteiger partial charge in [-0.2, -0.15) is 0 Å². The minimum Gasteiger partial charge on any atom is -0.333 e. The summed E-state index contributed by atoms with van der Waals surface area (Å²) in [4.78, 5) is 4.33. The lowest BCUT2D eigenvalue weighted by Gasteiger charge is -2.17. The molecule has 0 fully saturated rings. The number of hydrogen-bond acceptors (Lipinski definition) is 4. The Bertz CT molecular complexity index is 1020. The monoisotopic (exact) mass is 370 g/mol. The number of nitrogens with one attached hydrogen (secondary N) is 1. The van der Waals surface area contributed by atoms with Gasteiger partial charge in [0.25, 0.3) is 10.0 Å². The highest BCUT2D eigenvalue weighted by molar-refractivity contribution is 7.89. The smallest absolute Gasteiger partial charge is 0.260 e. The van der Waals surface area contributed by atoms with Crippen LogP contribution in [0.3, 0.4) is 0 Å². The Kier molecular flexibility index (Phi) is 4.52. The number of nitrogens with two attached hydrogens (primary N) is 1. The van der Waals surface area contributed by atoms with Crippen LogP contribution in [0.4, 0.5) is 0 Å². The number of aryl methyl sites for hydroxylation is 2. The average Bonchev–Trinajstić information content (AvgIpc) is 3.11. The van der Waals surface area contributed by atoms with Crippen LogP contribution in [0.15, 0.2) is 53.7 Å². The van der Waals surface area contributed by atoms with Gasteiger partial charge in [0, 0.05) is 25.7 Å². The Morgan fingerprint density at radius 2 is 1.96 bits per heavy atom. The van der Waals surface area contributed by atoms with Gasteiger partial charge in [-0.05, 0) is 35.2 Å². The number of nitrogens with zero attached hydrogens (tertiary/aromatic N) is 2. The van der Waals surface area contributed by atoms with Crippen LogP contribution in [0.2, 0.25) is 0 Å². The van der Waals surface area contributed by atoms with Crippen molar-refractivity contribution >= 4 is 20.8 Å². The lowest BCUT2D eigenvalue weighted by atomic mass is 10.0. The van der Waals surface area contributed by atoms with Crippen molar-refractivity contribution < 1.29 is 8.42 Å². The van der Waals surface area contributed by atoms with Crippen molar-refractivity contribution in [3.63, 3.8) is 0 Å². The van der Waals surface area contributed by atoms with E-state index in [0.29, 0.717) is 0 Å². The van der Waals surface area contributed by atoms with E-state index in [2.05, 4.69) is 9.71 Å². The van der Waals surface area contributed by atoms with E-state index in [9.17, 15) is 8.42 Å². The van der Waals surface area contributed by atoms with E-state index in [0.717, 1.165) is 48.0 Å². The Balaban J connectivity index is 1.63. The van der Waals surface area contributed by atoms with Gasteiger partial charge in [-0.25, -0.2) is 18.1 Å². The SMILES string of the molecule is NCC(NS(=O)(=O)c1cn2c(n1)CCCC2)c1ccc2ccccc2c1. The molecular weight excluding hydrogens is 348 g/mol. The number of benzene rings is 2. The Morgan fingerprint density at radius 1 is 1.15 bits per heavy atom. The Morgan fingerprint density at radius 3 is 2.73 bits per heavy atom. The summed E-state index contributed by atoms with van der Waals surface area (Å²) in [6.07, 6.45) is 4.55. The van der Waals surface area contributed by atoms with E-state index in [1.54, 1.807) is 6.20 Å². The third-order valence-electron chi connectivity index (χ3n) is 4.87. The van der Waals surface area contributed by atoms with Gasteiger partial charge >= 0.3 is 0 Å². The second-order valence-corrected chi connectivity index (χ2v) is 8.32. The van der Waals surface area contributed by atoms with Crippen molar-refractivity contribution in [3.05, 3.63) is 60.0 Å². The summed E-state index contributed by atoms with van der Waals surface area (Å²) in [6.45, 7) is 0.994. The van der Waals surface area contributed by atoms with Gasteiger partial charge in [-0.1, -0.05) is 36.4 Å². The molecule has 136 valence electrons. The molecule has 1 aliphatic heterocycles. The minimum atomic E-state index is -3.73. The van der Waals surface area contributed by atoms with Crippen LogP contribution < -0.4 is 10.5 Å². The molecule has 3 aromatic rings. The molecule has 0 saturated carbocycles. The summed E-state index contributed by atoms with van der Waals surface area (Å²) in [6, 6.07) is 13.4. The molecule has 0 radical (unpaired) electrons. The van der Waals surface area contributed by atoms with E-state index in [4.69, 9.17) is 5.73 Å². The molecule has 0 aliphatic carbocycles. The largest absolute Gasteiger partial charge is 0.333 e. The third kappa shape index (κ3) is 3.25. The van der Waals surface area contributed by atoms with E-state index in [-0.39, 0.29) is 11.6 Å². The first-order valence-corrected chi connectivity index (χ1v) is 10.3. The van der Waals surface area contributed by atoms with Crippen LogP contribution in [-0.2, 0) is 23.0 Å². The highest BCUT2D eigenvalue weighted by Crippen LogP contribution is 2.23. The molecule has 7 heteroatoms. The molecule has 4 rings (SSSR count). The highest BCUT2D eigenvalue weighted by atomic mass is 32.2. The lowest BCUT2D eigenvalue weighted by Crippen LogP contribution is -2.33. The summed E-state index contributed by atoms with van der Waals surface area (Å²) in [5, 5.41) is 2.24. The van der Waals surface area contributed by atoms with Crippen LogP contribution >= 0.6 is 0 Å². The van der Waals surface area contributed by atoms with Crippen molar-refractivity contribution in [2.24, 2.45) is 5.73 Å². The third-order valence-corrected chi connectivity index (χ3v) is 6.21. The first kappa shape index (κ1) is 17.2. The number of imidazole rings is 1. The fourth-order valence-corrected chi connectivity index (χ4v) is 4.66. The molecule has 1 aliphatic rings. The highest BCUT2D eigenvalue weighted by Gasteiger charge is 2.25. The van der Waals surface area contributed by atoms with Crippen molar-refractivity contribution in [1.82, 2.24) is 14.3 Å². The van der Waals surface area contributed by atoms with Gasteiger partial charge < -0.3 is 10.3 Å².